The molecule has 0 unspecified atom stereocenters. The summed E-state index contributed by atoms with van der Waals surface area (Å²) < 4.78 is 5.32. The standard InChI is InChI=1S/C19H18N4O3/c1-2-26-17-9-7-16(8-10-17)23-19(25)14(11-20)12-22-18(24)13-3-5-15(21)6-4-13/h3-10,12H,2,21H2,1H3,(H,22,24)(H,23,25)/b14-12-. The number of hydrogen-bond acceptors (Lipinski definition) is 5. The minimum absolute atomic E-state index is 0.234. The Hall–Kier alpha value is -3.79. The molecule has 4 N–H and O–H groups in total. The van der Waals surface area contributed by atoms with Gasteiger partial charge in [0, 0.05) is 23.1 Å². The normalized spacial score (nSPS) is 10.5. The second-order valence-electron chi connectivity index (χ2n) is 5.18. The lowest BCUT2D eigenvalue weighted by Gasteiger charge is -2.07. The predicted molar refractivity (Wildman–Crippen MR) is 98.3 cm³/mol. The highest BCUT2D eigenvalue weighted by atomic mass is 16.5. The highest BCUT2D eigenvalue weighted by molar-refractivity contribution is 6.07. The van der Waals surface area contributed by atoms with Crippen molar-refractivity contribution < 1.29 is 14.3 Å². The van der Waals surface area contributed by atoms with E-state index in [4.69, 9.17) is 15.7 Å². The molecule has 0 aliphatic heterocycles. The number of carbonyl (C=O) groups excluding carboxylic acids is 2. The van der Waals surface area contributed by atoms with Gasteiger partial charge in [-0.2, -0.15) is 5.26 Å². The Balaban J connectivity index is 2.01. The van der Waals surface area contributed by atoms with E-state index in [1.807, 2.05) is 6.92 Å². The Morgan fingerprint density at radius 1 is 1.15 bits per heavy atom. The topological polar surface area (TPSA) is 117 Å². The van der Waals surface area contributed by atoms with Gasteiger partial charge in [-0.1, -0.05) is 0 Å². The fraction of sp³-hybridized carbons (Fsp3) is 0.105. The van der Waals surface area contributed by atoms with E-state index < -0.39 is 11.8 Å². The second-order valence-corrected chi connectivity index (χ2v) is 5.18. The van der Waals surface area contributed by atoms with Crippen LogP contribution in [-0.2, 0) is 4.79 Å². The molecule has 0 aromatic heterocycles. The van der Waals surface area contributed by atoms with E-state index in [2.05, 4.69) is 10.6 Å². The van der Waals surface area contributed by atoms with Crippen molar-refractivity contribution >= 4 is 23.2 Å². The number of benzene rings is 2. The van der Waals surface area contributed by atoms with E-state index in [0.717, 1.165) is 6.20 Å². The Kier molecular flexibility index (Phi) is 6.34. The zero-order chi connectivity index (χ0) is 18.9. The van der Waals surface area contributed by atoms with Crippen LogP contribution >= 0.6 is 0 Å². The molecular weight excluding hydrogens is 332 g/mol. The van der Waals surface area contributed by atoms with Crippen LogP contribution in [0.25, 0.3) is 0 Å². The number of nitrogens with two attached hydrogens (primary N) is 1. The Labute approximate surface area is 151 Å². The zero-order valence-electron chi connectivity index (χ0n) is 14.2. The first-order valence-corrected chi connectivity index (χ1v) is 7.84. The minimum Gasteiger partial charge on any atom is -0.494 e. The maximum absolute atomic E-state index is 12.1. The lowest BCUT2D eigenvalue weighted by atomic mass is 10.2. The Bertz CT molecular complexity index is 850. The van der Waals surface area contributed by atoms with Crippen LogP contribution in [0.3, 0.4) is 0 Å². The molecule has 0 radical (unpaired) electrons. The smallest absolute Gasteiger partial charge is 0.267 e. The van der Waals surface area contributed by atoms with Crippen molar-refractivity contribution in [2.45, 2.75) is 6.92 Å². The second kappa shape index (κ2) is 8.89. The van der Waals surface area contributed by atoms with Crippen molar-refractivity contribution in [1.29, 1.82) is 5.26 Å². The molecular formula is C19H18N4O3. The van der Waals surface area contributed by atoms with Crippen molar-refractivity contribution in [2.24, 2.45) is 0 Å². The first kappa shape index (κ1) is 18.5. The van der Waals surface area contributed by atoms with Crippen molar-refractivity contribution in [2.75, 3.05) is 17.7 Å². The van der Waals surface area contributed by atoms with E-state index in [1.165, 1.54) is 0 Å². The third-order valence-electron chi connectivity index (χ3n) is 3.31. The van der Waals surface area contributed by atoms with Gasteiger partial charge >= 0.3 is 0 Å². The lowest BCUT2D eigenvalue weighted by molar-refractivity contribution is -0.112. The van der Waals surface area contributed by atoms with Crippen molar-refractivity contribution in [3.05, 3.63) is 65.9 Å². The maximum atomic E-state index is 12.1. The molecule has 0 spiro atoms. The van der Waals surface area contributed by atoms with Crippen molar-refractivity contribution in [3.63, 3.8) is 0 Å². The SMILES string of the molecule is CCOc1ccc(NC(=O)/C(C#N)=C\NC(=O)c2ccc(N)cc2)cc1. The summed E-state index contributed by atoms with van der Waals surface area (Å²) in [5.74, 6) is -0.404. The number of nitrogens with one attached hydrogen (secondary N) is 2. The molecule has 0 aliphatic rings. The van der Waals surface area contributed by atoms with Gasteiger partial charge in [-0.3, -0.25) is 9.59 Å². The molecule has 0 aliphatic carbocycles. The molecule has 0 saturated carbocycles. The average Bonchev–Trinajstić information content (AvgIpc) is 2.64. The number of carbonyl (C=O) groups is 2. The number of nitriles is 1. The molecule has 7 heteroatoms. The third kappa shape index (κ3) is 5.11. The highest BCUT2D eigenvalue weighted by Gasteiger charge is 2.11. The Morgan fingerprint density at radius 3 is 2.38 bits per heavy atom. The summed E-state index contributed by atoms with van der Waals surface area (Å²) in [5, 5.41) is 14.1. The van der Waals surface area contributed by atoms with Crippen molar-refractivity contribution in [3.8, 4) is 11.8 Å². The molecule has 0 fully saturated rings. The summed E-state index contributed by atoms with van der Waals surface area (Å²) in [6.07, 6.45) is 1.07. The number of nitrogen functional groups attached to an aromatic ring is 1. The number of rotatable bonds is 6. The molecule has 7 nitrogen and oxygen atoms in total. The quantitative estimate of drug-likeness (QED) is 0.420. The van der Waals surface area contributed by atoms with Gasteiger partial charge in [0.05, 0.1) is 6.61 Å². The molecule has 0 heterocycles. The van der Waals surface area contributed by atoms with Gasteiger partial charge in [-0.05, 0) is 55.5 Å². The molecule has 0 saturated heterocycles. The number of nitrogens with zero attached hydrogens (tertiary/aromatic N) is 1. The summed E-state index contributed by atoms with van der Waals surface area (Å²) in [7, 11) is 0. The van der Waals surface area contributed by atoms with E-state index >= 15 is 0 Å². The van der Waals surface area contributed by atoms with Gasteiger partial charge < -0.3 is 21.1 Å². The molecule has 132 valence electrons. The first-order chi connectivity index (χ1) is 12.5. The van der Waals surface area contributed by atoms with Gasteiger partial charge in [0.2, 0.25) is 0 Å². The van der Waals surface area contributed by atoms with E-state index in [-0.39, 0.29) is 5.57 Å². The molecule has 2 rings (SSSR count). The summed E-state index contributed by atoms with van der Waals surface area (Å²) in [4.78, 5) is 24.2. The molecule has 0 atom stereocenters. The largest absolute Gasteiger partial charge is 0.494 e. The zero-order valence-corrected chi connectivity index (χ0v) is 14.2. The molecule has 26 heavy (non-hydrogen) atoms. The summed E-state index contributed by atoms with van der Waals surface area (Å²) >= 11 is 0. The van der Waals surface area contributed by atoms with Crippen LogP contribution in [0.1, 0.15) is 17.3 Å². The monoisotopic (exact) mass is 350 g/mol. The van der Waals surface area contributed by atoms with Gasteiger partial charge in [0.25, 0.3) is 11.8 Å². The minimum atomic E-state index is -0.630. The maximum Gasteiger partial charge on any atom is 0.267 e. The van der Waals surface area contributed by atoms with E-state index in [9.17, 15) is 9.59 Å². The van der Waals surface area contributed by atoms with Crippen LogP contribution < -0.4 is 21.1 Å². The molecule has 0 bridgehead atoms. The van der Waals surface area contributed by atoms with Gasteiger partial charge in [-0.25, -0.2) is 0 Å². The summed E-state index contributed by atoms with van der Waals surface area (Å²) in [6, 6.07) is 14.8. The van der Waals surface area contributed by atoms with E-state index in [0.29, 0.717) is 29.3 Å². The van der Waals surface area contributed by atoms with Crippen LogP contribution in [0.2, 0.25) is 0 Å². The van der Waals surface area contributed by atoms with Gasteiger partial charge in [0.15, 0.2) is 0 Å². The predicted octanol–water partition coefficient (Wildman–Crippen LogP) is 2.44. The van der Waals surface area contributed by atoms with Crippen LogP contribution in [0.15, 0.2) is 60.3 Å². The van der Waals surface area contributed by atoms with E-state index in [1.54, 1.807) is 54.6 Å². The summed E-state index contributed by atoms with van der Waals surface area (Å²) in [6.45, 7) is 2.42. The van der Waals surface area contributed by atoms with Gasteiger partial charge in [-0.15, -0.1) is 0 Å². The fourth-order valence-corrected chi connectivity index (χ4v) is 2.00. The average molecular weight is 350 g/mol. The van der Waals surface area contributed by atoms with Gasteiger partial charge in [0.1, 0.15) is 17.4 Å². The lowest BCUT2D eigenvalue weighted by Crippen LogP contribution is -2.21. The number of amides is 2. The van der Waals surface area contributed by atoms with Crippen LogP contribution in [-0.4, -0.2) is 18.4 Å². The van der Waals surface area contributed by atoms with Crippen LogP contribution in [0.4, 0.5) is 11.4 Å². The highest BCUT2D eigenvalue weighted by Crippen LogP contribution is 2.16. The number of hydrogen-bond donors (Lipinski definition) is 3. The van der Waals surface area contributed by atoms with Crippen LogP contribution in [0.5, 0.6) is 5.75 Å². The number of anilines is 2. The first-order valence-electron chi connectivity index (χ1n) is 7.84. The van der Waals surface area contributed by atoms with Crippen molar-refractivity contribution in [1.82, 2.24) is 5.32 Å². The molecule has 2 aromatic rings. The van der Waals surface area contributed by atoms with Crippen LogP contribution in [0, 0.1) is 11.3 Å². The molecule has 2 amide bonds. The molecule has 2 aromatic carbocycles. The number of ether oxygens (including phenoxy) is 1. The summed E-state index contributed by atoms with van der Waals surface area (Å²) in [5.41, 5.74) is 6.73. The Morgan fingerprint density at radius 2 is 1.81 bits per heavy atom. The fourth-order valence-electron chi connectivity index (χ4n) is 2.00. The third-order valence-corrected chi connectivity index (χ3v) is 3.31.